The summed E-state index contributed by atoms with van der Waals surface area (Å²) in [6.07, 6.45) is 4.53. The van der Waals surface area contributed by atoms with E-state index in [4.69, 9.17) is 4.74 Å². The van der Waals surface area contributed by atoms with Crippen LogP contribution in [0.25, 0.3) is 10.8 Å². The van der Waals surface area contributed by atoms with Crippen LogP contribution in [0.5, 0.6) is 5.75 Å². The van der Waals surface area contributed by atoms with Crippen molar-refractivity contribution in [2.45, 2.75) is 25.8 Å². The molecule has 1 N–H and O–H groups in total. The molecule has 1 aliphatic carbocycles. The Balaban J connectivity index is 1.95. The average Bonchev–Trinajstić information content (AvgIpc) is 3.22. The lowest BCUT2D eigenvalue weighted by Crippen LogP contribution is -2.18. The van der Waals surface area contributed by atoms with Crippen LogP contribution >= 0.6 is 0 Å². The fraction of sp³-hybridized carbons (Fsp3) is 0.400. The Bertz CT molecular complexity index is 563. The van der Waals surface area contributed by atoms with Gasteiger partial charge in [0, 0.05) is 17.6 Å². The van der Waals surface area contributed by atoms with Crippen LogP contribution in [0.4, 0.5) is 5.82 Å². The number of hydrogen-bond donors (Lipinski definition) is 1. The molecule has 0 aliphatic heterocycles. The molecule has 94 valence electrons. The van der Waals surface area contributed by atoms with Gasteiger partial charge in [0.05, 0.1) is 7.11 Å². The second kappa shape index (κ2) is 4.48. The van der Waals surface area contributed by atoms with E-state index in [1.165, 1.54) is 12.8 Å². The molecule has 1 heterocycles. The van der Waals surface area contributed by atoms with Crippen LogP contribution in [0.2, 0.25) is 0 Å². The van der Waals surface area contributed by atoms with E-state index >= 15 is 0 Å². The summed E-state index contributed by atoms with van der Waals surface area (Å²) in [7, 11) is 1.69. The molecule has 1 aromatic carbocycles. The smallest absolute Gasteiger partial charge is 0.134 e. The molecule has 3 nitrogen and oxygen atoms in total. The van der Waals surface area contributed by atoms with Gasteiger partial charge in [-0.3, -0.25) is 0 Å². The molecular weight excluding hydrogens is 224 g/mol. The zero-order chi connectivity index (χ0) is 12.5. The van der Waals surface area contributed by atoms with Gasteiger partial charge in [-0.2, -0.15) is 0 Å². The average molecular weight is 242 g/mol. The highest BCUT2D eigenvalue weighted by molar-refractivity contribution is 5.92. The molecule has 1 aromatic heterocycles. The third kappa shape index (κ3) is 2.13. The third-order valence-corrected chi connectivity index (χ3v) is 3.67. The highest BCUT2D eigenvalue weighted by Gasteiger charge is 2.28. The highest BCUT2D eigenvalue weighted by atomic mass is 16.5. The molecule has 0 radical (unpaired) electrons. The number of hydrogen-bond acceptors (Lipinski definition) is 3. The van der Waals surface area contributed by atoms with Crippen LogP contribution in [0, 0.1) is 5.92 Å². The Morgan fingerprint density at radius 3 is 2.89 bits per heavy atom. The van der Waals surface area contributed by atoms with Crippen LogP contribution in [-0.4, -0.2) is 18.1 Å². The molecule has 1 fully saturated rings. The number of ether oxygens (including phenoxy) is 1. The minimum atomic E-state index is 0.505. The Kier molecular flexibility index (Phi) is 2.82. The van der Waals surface area contributed by atoms with Crippen molar-refractivity contribution in [3.63, 3.8) is 0 Å². The van der Waals surface area contributed by atoms with Gasteiger partial charge in [-0.1, -0.05) is 0 Å². The van der Waals surface area contributed by atoms with Crippen LogP contribution in [0.3, 0.4) is 0 Å². The summed E-state index contributed by atoms with van der Waals surface area (Å²) in [5.74, 6) is 2.68. The van der Waals surface area contributed by atoms with Gasteiger partial charge < -0.3 is 10.1 Å². The fourth-order valence-electron chi connectivity index (χ4n) is 2.33. The maximum absolute atomic E-state index is 5.25. The van der Waals surface area contributed by atoms with Gasteiger partial charge in [-0.25, -0.2) is 4.98 Å². The fourth-order valence-corrected chi connectivity index (χ4v) is 2.33. The van der Waals surface area contributed by atoms with E-state index in [0.29, 0.717) is 6.04 Å². The minimum absolute atomic E-state index is 0.505. The first kappa shape index (κ1) is 11.3. The van der Waals surface area contributed by atoms with Crippen LogP contribution in [0.15, 0.2) is 30.5 Å². The molecule has 0 amide bonds. The van der Waals surface area contributed by atoms with Crippen molar-refractivity contribution in [3.05, 3.63) is 30.5 Å². The number of anilines is 1. The van der Waals surface area contributed by atoms with Gasteiger partial charge in [0.15, 0.2) is 0 Å². The maximum atomic E-state index is 5.25. The molecule has 1 saturated carbocycles. The Hall–Kier alpha value is -1.77. The molecule has 3 heteroatoms. The number of fused-ring (bicyclic) bond motifs is 1. The van der Waals surface area contributed by atoms with Crippen LogP contribution < -0.4 is 10.1 Å². The summed E-state index contributed by atoms with van der Waals surface area (Å²) in [4.78, 5) is 4.46. The van der Waals surface area contributed by atoms with Crippen molar-refractivity contribution in [1.29, 1.82) is 0 Å². The summed E-state index contributed by atoms with van der Waals surface area (Å²) in [6, 6.07) is 8.62. The second-order valence-corrected chi connectivity index (χ2v) is 5.02. The van der Waals surface area contributed by atoms with Crippen LogP contribution in [-0.2, 0) is 0 Å². The largest absolute Gasteiger partial charge is 0.497 e. The molecule has 0 spiro atoms. The molecule has 3 rings (SSSR count). The second-order valence-electron chi connectivity index (χ2n) is 5.02. The number of nitrogens with zero attached hydrogens (tertiary/aromatic N) is 1. The zero-order valence-electron chi connectivity index (χ0n) is 10.8. The lowest BCUT2D eigenvalue weighted by atomic mass is 10.1. The SMILES string of the molecule is COc1ccc2c(NC(C)C3CC3)nccc2c1. The number of methoxy groups -OCH3 is 1. The number of rotatable bonds is 4. The lowest BCUT2D eigenvalue weighted by molar-refractivity contribution is 0.415. The summed E-state index contributed by atoms with van der Waals surface area (Å²) in [6.45, 7) is 2.24. The number of aromatic nitrogens is 1. The standard InChI is InChI=1S/C15H18N2O/c1-10(11-3-4-11)17-15-14-6-5-13(18-2)9-12(14)7-8-16-15/h5-11H,3-4H2,1-2H3,(H,16,17). The van der Waals surface area contributed by atoms with Gasteiger partial charge >= 0.3 is 0 Å². The highest BCUT2D eigenvalue weighted by Crippen LogP contribution is 2.35. The lowest BCUT2D eigenvalue weighted by Gasteiger charge is -2.15. The van der Waals surface area contributed by atoms with Crippen molar-refractivity contribution in [1.82, 2.24) is 4.98 Å². The van der Waals surface area contributed by atoms with Crippen molar-refractivity contribution in [2.24, 2.45) is 5.92 Å². The first-order chi connectivity index (χ1) is 8.78. The minimum Gasteiger partial charge on any atom is -0.497 e. The summed E-state index contributed by atoms with van der Waals surface area (Å²) < 4.78 is 5.25. The number of pyridine rings is 1. The molecule has 1 unspecified atom stereocenters. The quantitative estimate of drug-likeness (QED) is 0.891. The molecule has 1 atom stereocenters. The number of benzene rings is 1. The van der Waals surface area contributed by atoms with Crippen molar-refractivity contribution in [2.75, 3.05) is 12.4 Å². The van der Waals surface area contributed by atoms with E-state index in [1.54, 1.807) is 7.11 Å². The van der Waals surface area contributed by atoms with Gasteiger partial charge in [-0.15, -0.1) is 0 Å². The third-order valence-electron chi connectivity index (χ3n) is 3.67. The molecular formula is C15H18N2O. The topological polar surface area (TPSA) is 34.1 Å². The van der Waals surface area contributed by atoms with E-state index in [0.717, 1.165) is 28.3 Å². The van der Waals surface area contributed by atoms with E-state index in [9.17, 15) is 0 Å². The summed E-state index contributed by atoms with van der Waals surface area (Å²) in [5, 5.41) is 5.85. The van der Waals surface area contributed by atoms with Crippen molar-refractivity contribution < 1.29 is 4.74 Å². The summed E-state index contributed by atoms with van der Waals surface area (Å²) >= 11 is 0. The van der Waals surface area contributed by atoms with Gasteiger partial charge in [0.1, 0.15) is 11.6 Å². The van der Waals surface area contributed by atoms with E-state index in [1.807, 2.05) is 24.4 Å². The molecule has 18 heavy (non-hydrogen) atoms. The molecule has 2 aromatic rings. The van der Waals surface area contributed by atoms with Gasteiger partial charge in [-0.05, 0) is 55.3 Å². The Labute approximate surface area is 107 Å². The van der Waals surface area contributed by atoms with Gasteiger partial charge in [0.25, 0.3) is 0 Å². The van der Waals surface area contributed by atoms with E-state index < -0.39 is 0 Å². The zero-order valence-corrected chi connectivity index (χ0v) is 10.8. The van der Waals surface area contributed by atoms with Crippen LogP contribution in [0.1, 0.15) is 19.8 Å². The number of nitrogens with one attached hydrogen (secondary N) is 1. The predicted molar refractivity (Wildman–Crippen MR) is 74.1 cm³/mol. The van der Waals surface area contributed by atoms with E-state index in [-0.39, 0.29) is 0 Å². The van der Waals surface area contributed by atoms with E-state index in [2.05, 4.69) is 23.3 Å². The molecule has 1 aliphatic rings. The first-order valence-corrected chi connectivity index (χ1v) is 6.47. The molecule has 0 saturated heterocycles. The van der Waals surface area contributed by atoms with Gasteiger partial charge in [0.2, 0.25) is 0 Å². The maximum Gasteiger partial charge on any atom is 0.134 e. The first-order valence-electron chi connectivity index (χ1n) is 6.47. The van der Waals surface area contributed by atoms with Crippen molar-refractivity contribution in [3.8, 4) is 5.75 Å². The summed E-state index contributed by atoms with van der Waals surface area (Å²) in [5.41, 5.74) is 0. The Morgan fingerprint density at radius 2 is 2.17 bits per heavy atom. The van der Waals surface area contributed by atoms with Crippen molar-refractivity contribution >= 4 is 16.6 Å². The monoisotopic (exact) mass is 242 g/mol. The molecule has 0 bridgehead atoms. The predicted octanol–water partition coefficient (Wildman–Crippen LogP) is 3.45. The normalized spacial score (nSPS) is 16.6. The Morgan fingerprint density at radius 1 is 1.33 bits per heavy atom.